The number of rotatable bonds is 6. The van der Waals surface area contributed by atoms with Gasteiger partial charge in [0.15, 0.2) is 0 Å². The van der Waals surface area contributed by atoms with Gasteiger partial charge in [-0.15, -0.1) is 0 Å². The van der Waals surface area contributed by atoms with Crippen LogP contribution in [0, 0.1) is 0 Å². The van der Waals surface area contributed by atoms with Crippen molar-refractivity contribution in [1.29, 1.82) is 0 Å². The van der Waals surface area contributed by atoms with E-state index in [1.807, 2.05) is 31.2 Å². The second-order valence-electron chi connectivity index (χ2n) is 5.33. The van der Waals surface area contributed by atoms with E-state index in [2.05, 4.69) is 23.3 Å². The van der Waals surface area contributed by atoms with Crippen LogP contribution in [0.2, 0.25) is 0 Å². The number of nitrogens with one attached hydrogen (secondary N) is 1. The first-order valence-electron chi connectivity index (χ1n) is 7.68. The molecule has 0 amide bonds. The van der Waals surface area contributed by atoms with Crippen LogP contribution in [0.4, 0.5) is 0 Å². The molecule has 0 radical (unpaired) electrons. The molecule has 2 aromatic rings. The third-order valence-electron chi connectivity index (χ3n) is 3.94. The van der Waals surface area contributed by atoms with Gasteiger partial charge in [-0.1, -0.05) is 13.0 Å². The molecule has 0 bridgehead atoms. The molecule has 0 saturated heterocycles. The Morgan fingerprint density at radius 3 is 3.00 bits per heavy atom. The number of ether oxygens (including phenoxy) is 2. The second kappa shape index (κ2) is 6.41. The Labute approximate surface area is 125 Å². The van der Waals surface area contributed by atoms with Gasteiger partial charge in [-0.05, 0) is 31.7 Å². The van der Waals surface area contributed by atoms with Gasteiger partial charge in [0.2, 0.25) is 0 Å². The fourth-order valence-corrected chi connectivity index (χ4v) is 2.87. The zero-order chi connectivity index (χ0) is 14.7. The first-order chi connectivity index (χ1) is 10.3. The average molecular weight is 286 g/mol. The Hall–Kier alpha value is -1.65. The number of fused-ring (bicyclic) bond motifs is 1. The number of likely N-dealkylation sites (N-methyl/N-ethyl adjacent to an activating group) is 1. The van der Waals surface area contributed by atoms with Crippen molar-refractivity contribution in [1.82, 2.24) is 10.3 Å². The Kier molecular flexibility index (Phi) is 4.36. The SMILES string of the molecule is CCNC1CC(Oc2ccc3cccnc3c2)C1OCC. The third-order valence-corrected chi connectivity index (χ3v) is 3.94. The van der Waals surface area contributed by atoms with E-state index in [9.17, 15) is 0 Å². The van der Waals surface area contributed by atoms with Crippen molar-refractivity contribution in [2.45, 2.75) is 38.5 Å². The van der Waals surface area contributed by atoms with Crippen molar-refractivity contribution in [3.05, 3.63) is 36.5 Å². The molecule has 1 heterocycles. The molecule has 1 aliphatic rings. The number of hydrogen-bond donors (Lipinski definition) is 1. The van der Waals surface area contributed by atoms with Crippen LogP contribution in [0.15, 0.2) is 36.5 Å². The standard InChI is InChI=1S/C17H22N2O2/c1-3-18-15-11-16(17(15)20-4-2)21-13-8-7-12-6-5-9-19-14(12)10-13/h5-10,15-18H,3-4,11H2,1-2H3. The Morgan fingerprint density at radius 2 is 2.19 bits per heavy atom. The van der Waals surface area contributed by atoms with E-state index in [1.165, 1.54) is 0 Å². The highest BCUT2D eigenvalue weighted by atomic mass is 16.5. The maximum atomic E-state index is 6.10. The van der Waals surface area contributed by atoms with E-state index >= 15 is 0 Å². The van der Waals surface area contributed by atoms with Crippen LogP contribution < -0.4 is 10.1 Å². The van der Waals surface area contributed by atoms with E-state index in [0.29, 0.717) is 12.6 Å². The minimum atomic E-state index is 0.121. The summed E-state index contributed by atoms with van der Waals surface area (Å²) in [5, 5.41) is 4.57. The lowest BCUT2D eigenvalue weighted by molar-refractivity contribution is -0.104. The van der Waals surface area contributed by atoms with Gasteiger partial charge in [-0.3, -0.25) is 4.98 Å². The van der Waals surface area contributed by atoms with Gasteiger partial charge in [0.1, 0.15) is 18.0 Å². The average Bonchev–Trinajstić information content (AvgIpc) is 2.51. The summed E-state index contributed by atoms with van der Waals surface area (Å²) in [5.74, 6) is 0.867. The number of nitrogens with zero attached hydrogens (tertiary/aromatic N) is 1. The summed E-state index contributed by atoms with van der Waals surface area (Å²) in [6.45, 7) is 5.82. The summed E-state index contributed by atoms with van der Waals surface area (Å²) in [7, 11) is 0. The number of benzene rings is 1. The maximum absolute atomic E-state index is 6.10. The highest BCUT2D eigenvalue weighted by molar-refractivity contribution is 5.79. The molecule has 4 heteroatoms. The van der Waals surface area contributed by atoms with Crippen molar-refractivity contribution >= 4 is 10.9 Å². The van der Waals surface area contributed by atoms with E-state index in [4.69, 9.17) is 9.47 Å². The van der Waals surface area contributed by atoms with E-state index in [0.717, 1.165) is 29.6 Å². The largest absolute Gasteiger partial charge is 0.488 e. The van der Waals surface area contributed by atoms with Crippen LogP contribution in [0.25, 0.3) is 10.9 Å². The van der Waals surface area contributed by atoms with Gasteiger partial charge in [0.05, 0.1) is 5.52 Å². The summed E-state index contributed by atoms with van der Waals surface area (Å²) in [6, 6.07) is 10.5. The molecule has 1 aromatic carbocycles. The maximum Gasteiger partial charge on any atom is 0.128 e. The smallest absolute Gasteiger partial charge is 0.128 e. The molecule has 1 N–H and O–H groups in total. The summed E-state index contributed by atoms with van der Waals surface area (Å²) in [5.41, 5.74) is 0.963. The van der Waals surface area contributed by atoms with Crippen molar-refractivity contribution < 1.29 is 9.47 Å². The molecule has 1 fully saturated rings. The lowest BCUT2D eigenvalue weighted by Gasteiger charge is -2.44. The molecule has 0 spiro atoms. The van der Waals surface area contributed by atoms with Gasteiger partial charge in [-0.25, -0.2) is 0 Å². The molecular weight excluding hydrogens is 264 g/mol. The molecule has 21 heavy (non-hydrogen) atoms. The van der Waals surface area contributed by atoms with Gasteiger partial charge >= 0.3 is 0 Å². The normalized spacial score (nSPS) is 24.8. The molecule has 0 aliphatic heterocycles. The molecule has 3 unspecified atom stereocenters. The zero-order valence-electron chi connectivity index (χ0n) is 12.6. The molecule has 3 rings (SSSR count). The van der Waals surface area contributed by atoms with Gasteiger partial charge in [0.25, 0.3) is 0 Å². The van der Waals surface area contributed by atoms with E-state index in [-0.39, 0.29) is 12.2 Å². The predicted molar refractivity (Wildman–Crippen MR) is 83.7 cm³/mol. The van der Waals surface area contributed by atoms with Crippen molar-refractivity contribution in [2.75, 3.05) is 13.2 Å². The quantitative estimate of drug-likeness (QED) is 0.887. The molecule has 1 saturated carbocycles. The van der Waals surface area contributed by atoms with Crippen molar-refractivity contribution in [3.63, 3.8) is 0 Å². The summed E-state index contributed by atoms with van der Waals surface area (Å²) in [6.07, 6.45) is 3.04. The third kappa shape index (κ3) is 3.01. The van der Waals surface area contributed by atoms with Crippen LogP contribution >= 0.6 is 0 Å². The number of aromatic nitrogens is 1. The monoisotopic (exact) mass is 286 g/mol. The molecule has 3 atom stereocenters. The Balaban J connectivity index is 1.70. The van der Waals surface area contributed by atoms with Crippen LogP contribution in [0.3, 0.4) is 0 Å². The van der Waals surface area contributed by atoms with E-state index < -0.39 is 0 Å². The lowest BCUT2D eigenvalue weighted by atomic mass is 9.85. The fourth-order valence-electron chi connectivity index (χ4n) is 2.87. The van der Waals surface area contributed by atoms with Crippen LogP contribution in [-0.4, -0.2) is 36.4 Å². The van der Waals surface area contributed by atoms with Gasteiger partial charge in [-0.2, -0.15) is 0 Å². The molecule has 112 valence electrons. The minimum Gasteiger partial charge on any atom is -0.488 e. The van der Waals surface area contributed by atoms with Gasteiger partial charge < -0.3 is 14.8 Å². The van der Waals surface area contributed by atoms with Crippen LogP contribution in [-0.2, 0) is 4.74 Å². The Morgan fingerprint density at radius 1 is 1.29 bits per heavy atom. The predicted octanol–water partition coefficient (Wildman–Crippen LogP) is 2.77. The number of hydrogen-bond acceptors (Lipinski definition) is 4. The zero-order valence-corrected chi connectivity index (χ0v) is 12.6. The number of pyridine rings is 1. The molecule has 4 nitrogen and oxygen atoms in total. The topological polar surface area (TPSA) is 43.4 Å². The van der Waals surface area contributed by atoms with Crippen LogP contribution in [0.1, 0.15) is 20.3 Å². The first kappa shape index (κ1) is 14.3. The van der Waals surface area contributed by atoms with Gasteiger partial charge in [0, 0.05) is 36.7 Å². The highest BCUT2D eigenvalue weighted by Gasteiger charge is 2.43. The van der Waals surface area contributed by atoms with Crippen LogP contribution in [0.5, 0.6) is 5.75 Å². The Bertz CT molecular complexity index is 602. The summed E-state index contributed by atoms with van der Waals surface area (Å²) < 4.78 is 11.9. The van der Waals surface area contributed by atoms with Crippen molar-refractivity contribution in [3.8, 4) is 5.75 Å². The minimum absolute atomic E-state index is 0.121. The van der Waals surface area contributed by atoms with E-state index in [1.54, 1.807) is 6.20 Å². The fraction of sp³-hybridized carbons (Fsp3) is 0.471. The summed E-state index contributed by atoms with van der Waals surface area (Å²) >= 11 is 0. The first-order valence-corrected chi connectivity index (χ1v) is 7.68. The molecule has 1 aliphatic carbocycles. The van der Waals surface area contributed by atoms with Crippen molar-refractivity contribution in [2.24, 2.45) is 0 Å². The second-order valence-corrected chi connectivity index (χ2v) is 5.33. The highest BCUT2D eigenvalue weighted by Crippen LogP contribution is 2.30. The molecular formula is C17H22N2O2. The molecule has 1 aromatic heterocycles. The summed E-state index contributed by atoms with van der Waals surface area (Å²) in [4.78, 5) is 4.37. The lowest BCUT2D eigenvalue weighted by Crippen LogP contribution is -2.61.